The van der Waals surface area contributed by atoms with Gasteiger partial charge in [0.05, 0.1) is 23.4 Å². The van der Waals surface area contributed by atoms with Crippen LogP contribution in [-0.4, -0.2) is 21.7 Å². The average Bonchev–Trinajstić information content (AvgIpc) is 2.98. The van der Waals surface area contributed by atoms with Gasteiger partial charge in [-0.3, -0.25) is 19.5 Å². The Balaban J connectivity index is 1.72. The standard InChI is InChI=1S/C24H15ClN2O2/c25-17-10-8-15(9-11-17)21-19-7-2-1-5-16(19)13-20-22(21)24(29)27(23(20)28)14-18-6-3-4-12-26-18/h1-13H,14H2. The van der Waals surface area contributed by atoms with Crippen molar-refractivity contribution in [1.29, 1.82) is 0 Å². The van der Waals surface area contributed by atoms with Crippen LogP contribution in [0, 0.1) is 0 Å². The van der Waals surface area contributed by atoms with Crippen molar-refractivity contribution in [1.82, 2.24) is 9.88 Å². The summed E-state index contributed by atoms with van der Waals surface area (Å²) < 4.78 is 0. The minimum Gasteiger partial charge on any atom is -0.269 e. The Kier molecular flexibility index (Phi) is 4.14. The molecule has 1 aliphatic rings. The van der Waals surface area contributed by atoms with E-state index in [9.17, 15) is 9.59 Å². The monoisotopic (exact) mass is 398 g/mol. The molecule has 0 bridgehead atoms. The third-order valence-corrected chi connectivity index (χ3v) is 5.42. The molecule has 0 atom stereocenters. The molecule has 0 saturated heterocycles. The van der Waals surface area contributed by atoms with E-state index in [0.29, 0.717) is 21.8 Å². The molecule has 3 aromatic carbocycles. The number of nitrogens with zero attached hydrogens (tertiary/aromatic N) is 2. The molecule has 1 aromatic heterocycles. The number of fused-ring (bicyclic) bond motifs is 2. The van der Waals surface area contributed by atoms with E-state index >= 15 is 0 Å². The van der Waals surface area contributed by atoms with Crippen LogP contribution < -0.4 is 0 Å². The van der Waals surface area contributed by atoms with E-state index in [1.54, 1.807) is 30.5 Å². The molecule has 0 fully saturated rings. The van der Waals surface area contributed by atoms with Gasteiger partial charge in [-0.1, -0.05) is 54.1 Å². The van der Waals surface area contributed by atoms with E-state index in [2.05, 4.69) is 4.98 Å². The van der Waals surface area contributed by atoms with Gasteiger partial charge in [0.2, 0.25) is 0 Å². The van der Waals surface area contributed by atoms with E-state index in [1.165, 1.54) is 4.90 Å². The first-order chi connectivity index (χ1) is 14.1. The number of carbonyl (C=O) groups is 2. The molecule has 2 amide bonds. The summed E-state index contributed by atoms with van der Waals surface area (Å²) in [4.78, 5) is 32.0. The van der Waals surface area contributed by atoms with Crippen LogP contribution in [0.25, 0.3) is 21.9 Å². The Morgan fingerprint density at radius 2 is 1.59 bits per heavy atom. The lowest BCUT2D eigenvalue weighted by Gasteiger charge is -2.14. The molecule has 2 heterocycles. The zero-order valence-electron chi connectivity index (χ0n) is 15.3. The van der Waals surface area contributed by atoms with E-state index in [1.807, 2.05) is 48.5 Å². The topological polar surface area (TPSA) is 50.3 Å². The predicted octanol–water partition coefficient (Wildman–Crippen LogP) is 5.35. The highest BCUT2D eigenvalue weighted by molar-refractivity contribution is 6.31. The normalized spacial score (nSPS) is 13.2. The number of amides is 2. The Morgan fingerprint density at radius 3 is 2.34 bits per heavy atom. The molecule has 1 aliphatic heterocycles. The van der Waals surface area contributed by atoms with Gasteiger partial charge < -0.3 is 0 Å². The largest absolute Gasteiger partial charge is 0.269 e. The molecule has 0 saturated carbocycles. The molecular formula is C24H15ClN2O2. The Labute approximate surface area is 172 Å². The van der Waals surface area contributed by atoms with Gasteiger partial charge >= 0.3 is 0 Å². The number of aromatic nitrogens is 1. The third-order valence-electron chi connectivity index (χ3n) is 5.16. The summed E-state index contributed by atoms with van der Waals surface area (Å²) in [6, 6.07) is 22.4. The Hall–Kier alpha value is -3.50. The summed E-state index contributed by atoms with van der Waals surface area (Å²) in [6.07, 6.45) is 1.65. The van der Waals surface area contributed by atoms with Crippen molar-refractivity contribution in [2.75, 3.05) is 0 Å². The lowest BCUT2D eigenvalue weighted by molar-refractivity contribution is 0.0640. The van der Waals surface area contributed by atoms with Crippen LogP contribution in [0.4, 0.5) is 0 Å². The van der Waals surface area contributed by atoms with Crippen LogP contribution >= 0.6 is 11.6 Å². The number of pyridine rings is 1. The van der Waals surface area contributed by atoms with E-state index in [-0.39, 0.29) is 18.4 Å². The predicted molar refractivity (Wildman–Crippen MR) is 113 cm³/mol. The molecular weight excluding hydrogens is 384 g/mol. The van der Waals surface area contributed by atoms with Crippen LogP contribution in [-0.2, 0) is 6.54 Å². The molecule has 29 heavy (non-hydrogen) atoms. The van der Waals surface area contributed by atoms with Crippen LogP contribution in [0.15, 0.2) is 79.0 Å². The highest BCUT2D eigenvalue weighted by atomic mass is 35.5. The van der Waals surface area contributed by atoms with Crippen LogP contribution in [0.2, 0.25) is 5.02 Å². The summed E-state index contributed by atoms with van der Waals surface area (Å²) in [5, 5.41) is 2.45. The van der Waals surface area contributed by atoms with Crippen LogP contribution in [0.1, 0.15) is 26.4 Å². The van der Waals surface area contributed by atoms with Gasteiger partial charge in [-0.25, -0.2) is 0 Å². The molecule has 0 radical (unpaired) electrons. The van der Waals surface area contributed by atoms with Gasteiger partial charge in [0, 0.05) is 16.8 Å². The SMILES string of the molecule is O=C1c2cc3ccccc3c(-c3ccc(Cl)cc3)c2C(=O)N1Cc1ccccn1. The van der Waals surface area contributed by atoms with E-state index in [0.717, 1.165) is 21.9 Å². The Morgan fingerprint density at radius 1 is 0.828 bits per heavy atom. The molecule has 0 N–H and O–H groups in total. The molecule has 5 heteroatoms. The number of hydrogen-bond donors (Lipinski definition) is 0. The van der Waals surface area contributed by atoms with Crippen molar-refractivity contribution < 1.29 is 9.59 Å². The smallest absolute Gasteiger partial charge is 0.262 e. The second-order valence-corrected chi connectivity index (χ2v) is 7.36. The highest BCUT2D eigenvalue weighted by Crippen LogP contribution is 2.39. The lowest BCUT2D eigenvalue weighted by atomic mass is 9.90. The second kappa shape index (κ2) is 6.83. The minimum atomic E-state index is -0.300. The number of carbonyl (C=O) groups excluding carboxylic acids is 2. The summed E-state index contributed by atoms with van der Waals surface area (Å²) in [5.74, 6) is -0.594. The van der Waals surface area contributed by atoms with Crippen molar-refractivity contribution in [3.8, 4) is 11.1 Å². The van der Waals surface area contributed by atoms with Crippen molar-refractivity contribution in [3.63, 3.8) is 0 Å². The first-order valence-electron chi connectivity index (χ1n) is 9.21. The second-order valence-electron chi connectivity index (χ2n) is 6.92. The summed E-state index contributed by atoms with van der Waals surface area (Å²) in [5.41, 5.74) is 3.14. The molecule has 0 unspecified atom stereocenters. The van der Waals surface area contributed by atoms with Crippen molar-refractivity contribution >= 4 is 34.2 Å². The maximum Gasteiger partial charge on any atom is 0.262 e. The number of halogens is 1. The molecule has 140 valence electrons. The van der Waals surface area contributed by atoms with Crippen molar-refractivity contribution in [2.45, 2.75) is 6.54 Å². The van der Waals surface area contributed by atoms with Gasteiger partial charge in [0.1, 0.15) is 0 Å². The first kappa shape index (κ1) is 17.6. The van der Waals surface area contributed by atoms with Gasteiger partial charge in [-0.05, 0) is 46.7 Å². The molecule has 0 aliphatic carbocycles. The fraction of sp³-hybridized carbons (Fsp3) is 0.0417. The third kappa shape index (κ3) is 2.89. The Bertz CT molecular complexity index is 1270. The highest BCUT2D eigenvalue weighted by Gasteiger charge is 2.38. The van der Waals surface area contributed by atoms with Gasteiger partial charge in [-0.2, -0.15) is 0 Å². The zero-order valence-corrected chi connectivity index (χ0v) is 16.1. The quantitative estimate of drug-likeness (QED) is 0.437. The van der Waals surface area contributed by atoms with Gasteiger partial charge in [0.25, 0.3) is 11.8 Å². The number of imide groups is 1. The van der Waals surface area contributed by atoms with E-state index in [4.69, 9.17) is 11.6 Å². The average molecular weight is 399 g/mol. The van der Waals surface area contributed by atoms with Crippen LogP contribution in [0.5, 0.6) is 0 Å². The molecule has 0 spiro atoms. The van der Waals surface area contributed by atoms with Crippen LogP contribution in [0.3, 0.4) is 0 Å². The van der Waals surface area contributed by atoms with E-state index < -0.39 is 0 Å². The fourth-order valence-corrected chi connectivity index (χ4v) is 3.95. The molecule has 4 nitrogen and oxygen atoms in total. The van der Waals surface area contributed by atoms with Gasteiger partial charge in [0.15, 0.2) is 0 Å². The number of benzene rings is 3. The summed E-state index contributed by atoms with van der Waals surface area (Å²) >= 11 is 6.06. The minimum absolute atomic E-state index is 0.142. The summed E-state index contributed by atoms with van der Waals surface area (Å²) in [7, 11) is 0. The van der Waals surface area contributed by atoms with Crippen molar-refractivity contribution in [3.05, 3.63) is 101 Å². The van der Waals surface area contributed by atoms with Crippen molar-refractivity contribution in [2.24, 2.45) is 0 Å². The fourth-order valence-electron chi connectivity index (χ4n) is 3.82. The zero-order chi connectivity index (χ0) is 20.0. The maximum atomic E-state index is 13.4. The number of rotatable bonds is 3. The summed E-state index contributed by atoms with van der Waals surface area (Å²) in [6.45, 7) is 0.142. The molecule has 4 aromatic rings. The number of hydrogen-bond acceptors (Lipinski definition) is 3. The lowest BCUT2D eigenvalue weighted by Crippen LogP contribution is -2.29. The first-order valence-corrected chi connectivity index (χ1v) is 9.59. The maximum absolute atomic E-state index is 13.4. The van der Waals surface area contributed by atoms with Gasteiger partial charge in [-0.15, -0.1) is 0 Å². The molecule has 5 rings (SSSR count).